The molecule has 4 heterocycles. The molecule has 2 bridgehead atoms. The van der Waals surface area contributed by atoms with E-state index in [1.54, 1.807) is 19.2 Å². The molecular weight excluding hydrogens is 332 g/mol. The molecule has 1 N–H and O–H groups in total. The molecule has 1 amide bonds. The van der Waals surface area contributed by atoms with Gasteiger partial charge in [-0.15, -0.1) is 0 Å². The largest absolute Gasteiger partial charge is 0.453 e. The highest BCUT2D eigenvalue weighted by atomic mass is 16.5. The molecule has 26 heavy (non-hydrogen) atoms. The lowest BCUT2D eigenvalue weighted by Gasteiger charge is -2.29. The molecular formula is C20H28N2O4. The average Bonchev–Trinajstić information content (AvgIpc) is 3.38. The molecule has 4 rings (SSSR count). The van der Waals surface area contributed by atoms with Gasteiger partial charge in [-0.2, -0.15) is 0 Å². The number of carbonyl (C=O) groups excluding carboxylic acids is 1. The van der Waals surface area contributed by atoms with Crippen molar-refractivity contribution in [1.82, 2.24) is 10.2 Å². The standard InChI is InChI=1S/C20H28N2O4/c1-3-4-9-22-11-16-15(17-7-8-20(16,13-22)26-17)10-21-19(23)18-6-5-14(25-18)12-24-2/h3-6,15-17H,7-13H2,1-2H3,(H,21,23)/b4-3+/t15-,16+,17+,20+/m0/s1. The van der Waals surface area contributed by atoms with Gasteiger partial charge in [0.2, 0.25) is 0 Å². The SMILES string of the molecule is C/C=C/CN1C[C@@H]2[C@H](CNC(=O)c3ccc(COC)o3)[C@H]3CC[C@]2(C1)O3. The molecule has 6 nitrogen and oxygen atoms in total. The molecule has 0 unspecified atom stereocenters. The van der Waals surface area contributed by atoms with Crippen LogP contribution in [0.15, 0.2) is 28.7 Å². The van der Waals surface area contributed by atoms with E-state index in [9.17, 15) is 4.79 Å². The van der Waals surface area contributed by atoms with E-state index in [-0.39, 0.29) is 17.6 Å². The molecule has 3 aliphatic heterocycles. The number of ether oxygens (including phenoxy) is 2. The summed E-state index contributed by atoms with van der Waals surface area (Å²) in [6.45, 7) is 6.13. The molecule has 3 aliphatic rings. The number of allylic oxidation sites excluding steroid dienone is 1. The van der Waals surface area contributed by atoms with Crippen LogP contribution >= 0.6 is 0 Å². The molecule has 0 aliphatic carbocycles. The highest BCUT2D eigenvalue weighted by Crippen LogP contribution is 2.54. The molecule has 0 saturated carbocycles. The number of methoxy groups -OCH3 is 1. The molecule has 6 heteroatoms. The van der Waals surface area contributed by atoms with Gasteiger partial charge in [-0.25, -0.2) is 0 Å². The number of likely N-dealkylation sites (tertiary alicyclic amines) is 1. The van der Waals surface area contributed by atoms with E-state index in [1.807, 2.05) is 0 Å². The number of fused-ring (bicyclic) bond motifs is 1. The van der Waals surface area contributed by atoms with Crippen molar-refractivity contribution in [1.29, 1.82) is 0 Å². The lowest BCUT2D eigenvalue weighted by atomic mass is 9.73. The maximum Gasteiger partial charge on any atom is 0.287 e. The highest BCUT2D eigenvalue weighted by Gasteiger charge is 2.62. The van der Waals surface area contributed by atoms with Crippen molar-refractivity contribution in [3.05, 3.63) is 35.8 Å². The topological polar surface area (TPSA) is 63.9 Å². The molecule has 1 aromatic heterocycles. The number of hydrogen-bond donors (Lipinski definition) is 1. The molecule has 1 spiro atoms. The Hall–Kier alpha value is -1.63. The molecule has 3 saturated heterocycles. The van der Waals surface area contributed by atoms with Crippen LogP contribution < -0.4 is 5.32 Å². The van der Waals surface area contributed by atoms with Gasteiger partial charge in [-0.05, 0) is 31.9 Å². The van der Waals surface area contributed by atoms with Crippen molar-refractivity contribution in [2.24, 2.45) is 11.8 Å². The van der Waals surface area contributed by atoms with Crippen molar-refractivity contribution in [2.75, 3.05) is 33.3 Å². The van der Waals surface area contributed by atoms with Crippen molar-refractivity contribution in [3.63, 3.8) is 0 Å². The first kappa shape index (κ1) is 17.8. The number of nitrogens with zero attached hydrogens (tertiary/aromatic N) is 1. The van der Waals surface area contributed by atoms with Gasteiger partial charge in [0, 0.05) is 45.1 Å². The van der Waals surface area contributed by atoms with Gasteiger partial charge < -0.3 is 19.2 Å². The Bertz CT molecular complexity index is 685. The van der Waals surface area contributed by atoms with E-state index in [1.165, 1.54) is 0 Å². The number of nitrogens with one attached hydrogen (secondary N) is 1. The maximum atomic E-state index is 12.4. The quantitative estimate of drug-likeness (QED) is 0.756. The first-order valence-electron chi connectivity index (χ1n) is 9.52. The Kier molecular flexibility index (Phi) is 4.90. The fourth-order valence-electron chi connectivity index (χ4n) is 4.97. The van der Waals surface area contributed by atoms with E-state index < -0.39 is 0 Å². The van der Waals surface area contributed by atoms with E-state index in [0.29, 0.717) is 36.5 Å². The second-order valence-electron chi connectivity index (χ2n) is 7.70. The number of carbonyl (C=O) groups is 1. The maximum absolute atomic E-state index is 12.4. The summed E-state index contributed by atoms with van der Waals surface area (Å²) in [4.78, 5) is 14.9. The van der Waals surface area contributed by atoms with Crippen LogP contribution in [0.3, 0.4) is 0 Å². The van der Waals surface area contributed by atoms with Gasteiger partial charge in [-0.1, -0.05) is 12.2 Å². The zero-order chi connectivity index (χ0) is 18.1. The molecule has 3 fully saturated rings. The van der Waals surface area contributed by atoms with Crippen LogP contribution in [0.4, 0.5) is 0 Å². The van der Waals surface area contributed by atoms with Crippen LogP contribution in [0.25, 0.3) is 0 Å². The van der Waals surface area contributed by atoms with Crippen molar-refractivity contribution >= 4 is 5.91 Å². The Labute approximate surface area is 154 Å². The summed E-state index contributed by atoms with van der Waals surface area (Å²) in [7, 11) is 1.61. The third-order valence-corrected chi connectivity index (χ3v) is 6.12. The van der Waals surface area contributed by atoms with Crippen LogP contribution in [0.1, 0.15) is 36.1 Å². The Morgan fingerprint density at radius 1 is 1.50 bits per heavy atom. The molecule has 142 valence electrons. The van der Waals surface area contributed by atoms with E-state index >= 15 is 0 Å². The van der Waals surface area contributed by atoms with Crippen molar-refractivity contribution < 1.29 is 18.7 Å². The number of furan rings is 1. The normalized spacial score (nSPS) is 33.2. The highest BCUT2D eigenvalue weighted by molar-refractivity contribution is 5.91. The van der Waals surface area contributed by atoms with Gasteiger partial charge in [0.1, 0.15) is 12.4 Å². The third-order valence-electron chi connectivity index (χ3n) is 6.12. The lowest BCUT2D eigenvalue weighted by molar-refractivity contribution is 0.00364. The average molecular weight is 360 g/mol. The zero-order valence-corrected chi connectivity index (χ0v) is 15.6. The van der Waals surface area contributed by atoms with Crippen LogP contribution in [-0.2, 0) is 16.1 Å². The summed E-state index contributed by atoms with van der Waals surface area (Å²) in [5.74, 6) is 1.74. The van der Waals surface area contributed by atoms with Crippen LogP contribution in [0, 0.1) is 11.8 Å². The van der Waals surface area contributed by atoms with Gasteiger partial charge in [0.05, 0.1) is 11.7 Å². The molecule has 4 atom stereocenters. The predicted molar refractivity (Wildman–Crippen MR) is 96.8 cm³/mol. The third kappa shape index (κ3) is 3.10. The number of rotatable bonds is 7. The monoisotopic (exact) mass is 360 g/mol. The van der Waals surface area contributed by atoms with Crippen molar-refractivity contribution in [2.45, 2.75) is 38.1 Å². The van der Waals surface area contributed by atoms with Crippen LogP contribution in [0.2, 0.25) is 0 Å². The molecule has 0 aromatic carbocycles. The summed E-state index contributed by atoms with van der Waals surface area (Å²) < 4.78 is 17.0. The van der Waals surface area contributed by atoms with Crippen LogP contribution in [-0.4, -0.2) is 55.8 Å². The Morgan fingerprint density at radius 2 is 2.38 bits per heavy atom. The minimum Gasteiger partial charge on any atom is -0.453 e. The first-order valence-corrected chi connectivity index (χ1v) is 9.52. The molecule has 0 radical (unpaired) electrons. The summed E-state index contributed by atoms with van der Waals surface area (Å²) in [6, 6.07) is 3.49. The summed E-state index contributed by atoms with van der Waals surface area (Å²) in [5.41, 5.74) is 0.0119. The fraction of sp³-hybridized carbons (Fsp3) is 0.650. The second-order valence-corrected chi connectivity index (χ2v) is 7.70. The lowest BCUT2D eigenvalue weighted by Crippen LogP contribution is -2.41. The predicted octanol–water partition coefficient (Wildman–Crippen LogP) is 2.21. The van der Waals surface area contributed by atoms with Gasteiger partial charge in [0.15, 0.2) is 5.76 Å². The van der Waals surface area contributed by atoms with E-state index in [0.717, 1.165) is 32.5 Å². The van der Waals surface area contributed by atoms with Gasteiger partial charge in [0.25, 0.3) is 5.91 Å². The summed E-state index contributed by atoms with van der Waals surface area (Å²) >= 11 is 0. The van der Waals surface area contributed by atoms with Crippen molar-refractivity contribution in [3.8, 4) is 0 Å². The minimum atomic E-state index is -0.159. The van der Waals surface area contributed by atoms with Crippen LogP contribution in [0.5, 0.6) is 0 Å². The summed E-state index contributed by atoms with van der Waals surface area (Å²) in [6.07, 6.45) is 6.84. The summed E-state index contributed by atoms with van der Waals surface area (Å²) in [5, 5.41) is 3.06. The second kappa shape index (κ2) is 7.18. The smallest absolute Gasteiger partial charge is 0.287 e. The Balaban J connectivity index is 1.37. The van der Waals surface area contributed by atoms with E-state index in [2.05, 4.69) is 29.3 Å². The fourth-order valence-corrected chi connectivity index (χ4v) is 4.97. The number of amides is 1. The molecule has 1 aromatic rings. The zero-order valence-electron chi connectivity index (χ0n) is 15.6. The first-order chi connectivity index (χ1) is 12.6. The van der Waals surface area contributed by atoms with Gasteiger partial charge >= 0.3 is 0 Å². The van der Waals surface area contributed by atoms with Gasteiger partial charge in [-0.3, -0.25) is 9.69 Å². The Morgan fingerprint density at radius 3 is 3.19 bits per heavy atom. The van der Waals surface area contributed by atoms with E-state index in [4.69, 9.17) is 13.9 Å². The minimum absolute atomic E-state index is 0.0119. The number of hydrogen-bond acceptors (Lipinski definition) is 5.